The zero-order chi connectivity index (χ0) is 16.1. The van der Waals surface area contributed by atoms with Crippen molar-refractivity contribution in [2.45, 2.75) is 13.0 Å². The Hall–Kier alpha value is -2.50. The summed E-state index contributed by atoms with van der Waals surface area (Å²) < 4.78 is 6.98. The summed E-state index contributed by atoms with van der Waals surface area (Å²) in [6, 6.07) is 9.94. The Morgan fingerprint density at radius 2 is 1.91 bits per heavy atom. The van der Waals surface area contributed by atoms with Crippen LogP contribution in [0.2, 0.25) is 0 Å². The maximum Gasteiger partial charge on any atom is 0.224 e. The average Bonchev–Trinajstić information content (AvgIpc) is 3.13. The number of hydrogen-bond donors (Lipinski definition) is 0. The Balaban J connectivity index is 1.48. The zero-order valence-corrected chi connectivity index (χ0v) is 13.4. The summed E-state index contributed by atoms with van der Waals surface area (Å²) in [7, 11) is 1.67. The minimum Gasteiger partial charge on any atom is -0.497 e. The van der Waals surface area contributed by atoms with Crippen molar-refractivity contribution in [1.82, 2.24) is 14.7 Å². The van der Waals surface area contributed by atoms with Crippen LogP contribution in [-0.2, 0) is 11.3 Å². The van der Waals surface area contributed by atoms with Crippen molar-refractivity contribution < 1.29 is 9.53 Å². The molecule has 6 nitrogen and oxygen atoms in total. The van der Waals surface area contributed by atoms with Gasteiger partial charge < -0.3 is 14.5 Å². The zero-order valence-electron chi connectivity index (χ0n) is 13.4. The molecule has 0 bridgehead atoms. The van der Waals surface area contributed by atoms with Crippen LogP contribution in [0.3, 0.4) is 0 Å². The SMILES string of the molecule is COc1ccc(N2CCN(C(=O)CCn3cccn3)CC2)cc1. The highest BCUT2D eigenvalue weighted by Crippen LogP contribution is 2.20. The number of aryl methyl sites for hydroxylation is 1. The first-order valence-corrected chi connectivity index (χ1v) is 7.90. The van der Waals surface area contributed by atoms with Gasteiger partial charge in [-0.15, -0.1) is 0 Å². The number of anilines is 1. The maximum atomic E-state index is 12.3. The van der Waals surface area contributed by atoms with Crippen molar-refractivity contribution in [3.05, 3.63) is 42.7 Å². The van der Waals surface area contributed by atoms with Crippen LogP contribution in [0.4, 0.5) is 5.69 Å². The molecule has 1 aromatic heterocycles. The fraction of sp³-hybridized carbons (Fsp3) is 0.412. The number of rotatable bonds is 5. The van der Waals surface area contributed by atoms with Gasteiger partial charge in [-0.25, -0.2) is 0 Å². The van der Waals surface area contributed by atoms with Gasteiger partial charge in [0.05, 0.1) is 7.11 Å². The Morgan fingerprint density at radius 3 is 2.52 bits per heavy atom. The van der Waals surface area contributed by atoms with Crippen LogP contribution in [0.5, 0.6) is 5.75 Å². The van der Waals surface area contributed by atoms with Crippen molar-refractivity contribution in [3.8, 4) is 5.75 Å². The van der Waals surface area contributed by atoms with E-state index in [1.54, 1.807) is 18.0 Å². The molecule has 1 fully saturated rings. The first-order chi connectivity index (χ1) is 11.3. The lowest BCUT2D eigenvalue weighted by Crippen LogP contribution is -2.48. The number of piperazine rings is 1. The van der Waals surface area contributed by atoms with Gasteiger partial charge in [0.15, 0.2) is 0 Å². The molecule has 1 amide bonds. The summed E-state index contributed by atoms with van der Waals surface area (Å²) >= 11 is 0. The molecule has 6 heteroatoms. The van der Waals surface area contributed by atoms with E-state index in [1.165, 1.54) is 5.69 Å². The van der Waals surface area contributed by atoms with Gasteiger partial charge in [0, 0.05) is 57.2 Å². The number of ether oxygens (including phenoxy) is 1. The molecular formula is C17H22N4O2. The molecule has 0 unspecified atom stereocenters. The van der Waals surface area contributed by atoms with Crippen LogP contribution in [-0.4, -0.2) is 53.9 Å². The molecule has 2 heterocycles. The quantitative estimate of drug-likeness (QED) is 0.842. The van der Waals surface area contributed by atoms with Gasteiger partial charge in [-0.1, -0.05) is 0 Å². The third-order valence-corrected chi connectivity index (χ3v) is 4.18. The number of hydrogen-bond acceptors (Lipinski definition) is 4. The van der Waals surface area contributed by atoms with Crippen molar-refractivity contribution in [3.63, 3.8) is 0 Å². The fourth-order valence-electron chi connectivity index (χ4n) is 2.81. The lowest BCUT2D eigenvalue weighted by Gasteiger charge is -2.36. The van der Waals surface area contributed by atoms with Crippen LogP contribution in [0.1, 0.15) is 6.42 Å². The predicted octanol–water partition coefficient (Wildman–Crippen LogP) is 1.63. The molecule has 0 spiro atoms. The van der Waals surface area contributed by atoms with Crippen LogP contribution in [0.15, 0.2) is 42.7 Å². The highest BCUT2D eigenvalue weighted by molar-refractivity contribution is 5.76. The smallest absolute Gasteiger partial charge is 0.224 e. The summed E-state index contributed by atoms with van der Waals surface area (Å²) in [5.41, 5.74) is 1.18. The third kappa shape index (κ3) is 3.83. The largest absolute Gasteiger partial charge is 0.497 e. The Morgan fingerprint density at radius 1 is 1.17 bits per heavy atom. The van der Waals surface area contributed by atoms with Crippen molar-refractivity contribution in [2.24, 2.45) is 0 Å². The third-order valence-electron chi connectivity index (χ3n) is 4.18. The molecule has 122 valence electrons. The molecule has 1 aromatic carbocycles. The molecule has 3 rings (SSSR count). The predicted molar refractivity (Wildman–Crippen MR) is 88.6 cm³/mol. The van der Waals surface area contributed by atoms with E-state index < -0.39 is 0 Å². The van der Waals surface area contributed by atoms with Crippen molar-refractivity contribution >= 4 is 11.6 Å². The molecule has 2 aromatic rings. The molecule has 0 atom stereocenters. The lowest BCUT2D eigenvalue weighted by atomic mass is 10.2. The van der Waals surface area contributed by atoms with Gasteiger partial charge in [-0.05, 0) is 30.3 Å². The molecule has 0 radical (unpaired) electrons. The second kappa shape index (κ2) is 7.17. The first-order valence-electron chi connectivity index (χ1n) is 7.90. The molecule has 0 saturated carbocycles. The number of nitrogens with zero attached hydrogens (tertiary/aromatic N) is 4. The van der Waals surface area contributed by atoms with Crippen LogP contribution < -0.4 is 9.64 Å². The number of carbonyl (C=O) groups is 1. The second-order valence-electron chi connectivity index (χ2n) is 5.58. The lowest BCUT2D eigenvalue weighted by molar-refractivity contribution is -0.131. The Bertz CT molecular complexity index is 617. The molecule has 23 heavy (non-hydrogen) atoms. The van der Waals surface area contributed by atoms with E-state index in [9.17, 15) is 4.79 Å². The van der Waals surface area contributed by atoms with E-state index in [1.807, 2.05) is 29.3 Å². The minimum absolute atomic E-state index is 0.204. The van der Waals surface area contributed by atoms with Gasteiger partial charge in [-0.2, -0.15) is 5.10 Å². The number of methoxy groups -OCH3 is 1. The van der Waals surface area contributed by atoms with Gasteiger partial charge in [-0.3, -0.25) is 9.48 Å². The molecular weight excluding hydrogens is 292 g/mol. The van der Waals surface area contributed by atoms with Gasteiger partial charge >= 0.3 is 0 Å². The van der Waals surface area contributed by atoms with E-state index in [4.69, 9.17) is 4.74 Å². The number of amides is 1. The summed E-state index contributed by atoms with van der Waals surface area (Å²) in [5, 5.41) is 4.13. The van der Waals surface area contributed by atoms with E-state index in [0.29, 0.717) is 13.0 Å². The summed E-state index contributed by atoms with van der Waals surface area (Å²) in [5.74, 6) is 1.07. The van der Waals surface area contributed by atoms with Crippen molar-refractivity contribution in [1.29, 1.82) is 0 Å². The highest BCUT2D eigenvalue weighted by Gasteiger charge is 2.21. The van der Waals surface area contributed by atoms with E-state index in [-0.39, 0.29) is 5.91 Å². The number of carbonyl (C=O) groups excluding carboxylic acids is 1. The summed E-state index contributed by atoms with van der Waals surface area (Å²) in [6.45, 7) is 3.90. The molecule has 1 aliphatic heterocycles. The van der Waals surface area contributed by atoms with Crippen LogP contribution >= 0.6 is 0 Å². The summed E-state index contributed by atoms with van der Waals surface area (Å²) in [4.78, 5) is 16.5. The van der Waals surface area contributed by atoms with E-state index in [2.05, 4.69) is 22.1 Å². The van der Waals surface area contributed by atoms with Gasteiger partial charge in [0.2, 0.25) is 5.91 Å². The van der Waals surface area contributed by atoms with Crippen molar-refractivity contribution in [2.75, 3.05) is 38.2 Å². The molecule has 1 aliphatic rings. The maximum absolute atomic E-state index is 12.3. The highest BCUT2D eigenvalue weighted by atomic mass is 16.5. The Kier molecular flexibility index (Phi) is 4.80. The normalized spacial score (nSPS) is 14.8. The molecule has 0 aliphatic carbocycles. The molecule has 0 N–H and O–H groups in total. The second-order valence-corrected chi connectivity index (χ2v) is 5.58. The first kappa shape index (κ1) is 15.4. The summed E-state index contributed by atoms with van der Waals surface area (Å²) in [6.07, 6.45) is 4.12. The number of benzene rings is 1. The van der Waals surface area contributed by atoms with Gasteiger partial charge in [0.25, 0.3) is 0 Å². The van der Waals surface area contributed by atoms with Crippen LogP contribution in [0, 0.1) is 0 Å². The average molecular weight is 314 g/mol. The van der Waals surface area contributed by atoms with E-state index >= 15 is 0 Å². The van der Waals surface area contributed by atoms with Crippen LogP contribution in [0.25, 0.3) is 0 Å². The topological polar surface area (TPSA) is 50.6 Å². The van der Waals surface area contributed by atoms with Gasteiger partial charge in [0.1, 0.15) is 5.75 Å². The Labute approximate surface area is 136 Å². The standard InChI is InChI=1S/C17H22N4O2/c1-23-16-5-3-15(4-6-16)19-11-13-20(14-12-19)17(22)7-10-21-9-2-8-18-21/h2-6,8-9H,7,10-14H2,1H3. The number of aromatic nitrogens is 2. The minimum atomic E-state index is 0.204. The molecule has 1 saturated heterocycles. The van der Waals surface area contributed by atoms with E-state index in [0.717, 1.165) is 31.9 Å². The fourth-order valence-corrected chi connectivity index (χ4v) is 2.81. The monoisotopic (exact) mass is 314 g/mol.